The van der Waals surface area contributed by atoms with Crippen LogP contribution in [0, 0.1) is 12.8 Å². The maximum atomic E-state index is 13.4. The molecule has 2 amide bonds. The van der Waals surface area contributed by atoms with E-state index in [0.717, 1.165) is 48.4 Å². The second kappa shape index (κ2) is 11.0. The third kappa shape index (κ3) is 5.44. The van der Waals surface area contributed by atoms with Crippen LogP contribution in [0.25, 0.3) is 16.9 Å². The van der Waals surface area contributed by atoms with Crippen molar-refractivity contribution < 1.29 is 9.53 Å². The van der Waals surface area contributed by atoms with E-state index in [0.29, 0.717) is 11.7 Å². The van der Waals surface area contributed by atoms with Crippen molar-refractivity contribution in [3.05, 3.63) is 84.2 Å². The highest BCUT2D eigenvalue weighted by atomic mass is 16.5. The van der Waals surface area contributed by atoms with Gasteiger partial charge >= 0.3 is 6.03 Å². The lowest BCUT2D eigenvalue weighted by Gasteiger charge is -2.22. The minimum atomic E-state index is -0.226. The van der Waals surface area contributed by atoms with E-state index in [1.165, 1.54) is 5.56 Å². The van der Waals surface area contributed by atoms with Crippen LogP contribution in [0.3, 0.4) is 0 Å². The van der Waals surface area contributed by atoms with Crippen molar-refractivity contribution in [2.24, 2.45) is 13.0 Å². The highest BCUT2D eigenvalue weighted by Gasteiger charge is 2.36. The lowest BCUT2D eigenvalue weighted by atomic mass is 9.93. The number of carbonyl (C=O) groups excluding carboxylic acids is 1. The Balaban J connectivity index is 1.41. The molecular weight excluding hydrogens is 464 g/mol. The third-order valence-corrected chi connectivity index (χ3v) is 7.27. The van der Waals surface area contributed by atoms with Crippen LogP contribution >= 0.6 is 0 Å². The van der Waals surface area contributed by atoms with Crippen LogP contribution in [0.1, 0.15) is 36.3 Å². The SMILES string of the molecule is COCC[C@H]1C[C@@H](NC(=O)Nc2c(C)c(-c3cnn(C)c3)nn2-c2ccccc2)[C@H](c2ccccc2)C1. The van der Waals surface area contributed by atoms with Crippen molar-refractivity contribution in [2.75, 3.05) is 19.0 Å². The summed E-state index contributed by atoms with van der Waals surface area (Å²) < 4.78 is 8.88. The molecule has 0 saturated heterocycles. The van der Waals surface area contributed by atoms with Crippen molar-refractivity contribution in [1.82, 2.24) is 24.9 Å². The fourth-order valence-corrected chi connectivity index (χ4v) is 5.42. The molecule has 3 atom stereocenters. The molecule has 0 spiro atoms. The number of carbonyl (C=O) groups is 1. The molecule has 0 radical (unpaired) electrons. The van der Waals surface area contributed by atoms with Gasteiger partial charge in [-0.25, -0.2) is 9.48 Å². The van der Waals surface area contributed by atoms with Crippen molar-refractivity contribution in [1.29, 1.82) is 0 Å². The molecule has 1 saturated carbocycles. The zero-order valence-corrected chi connectivity index (χ0v) is 21.6. The van der Waals surface area contributed by atoms with E-state index in [4.69, 9.17) is 9.84 Å². The van der Waals surface area contributed by atoms with Crippen LogP contribution in [-0.2, 0) is 11.8 Å². The largest absolute Gasteiger partial charge is 0.385 e. The van der Waals surface area contributed by atoms with E-state index in [2.05, 4.69) is 40.0 Å². The number of ether oxygens (including phenoxy) is 1. The number of nitrogens with zero attached hydrogens (tertiary/aromatic N) is 4. The Hall–Kier alpha value is -3.91. The molecule has 8 nitrogen and oxygen atoms in total. The van der Waals surface area contributed by atoms with Crippen molar-refractivity contribution in [2.45, 2.75) is 38.1 Å². The first kappa shape index (κ1) is 24.8. The van der Waals surface area contributed by atoms with Gasteiger partial charge in [0.25, 0.3) is 0 Å². The zero-order chi connectivity index (χ0) is 25.8. The number of anilines is 1. The number of methoxy groups -OCH3 is 1. The van der Waals surface area contributed by atoms with Gasteiger partial charge in [0.1, 0.15) is 11.5 Å². The summed E-state index contributed by atoms with van der Waals surface area (Å²) in [5.41, 5.74) is 4.71. The lowest BCUT2D eigenvalue weighted by Crippen LogP contribution is -2.40. The predicted molar refractivity (Wildman–Crippen MR) is 145 cm³/mol. The molecule has 1 fully saturated rings. The van der Waals surface area contributed by atoms with Crippen LogP contribution < -0.4 is 10.6 Å². The molecule has 2 aromatic heterocycles. The summed E-state index contributed by atoms with van der Waals surface area (Å²) in [7, 11) is 3.62. The van der Waals surface area contributed by atoms with Crippen molar-refractivity contribution in [3.63, 3.8) is 0 Å². The molecule has 0 unspecified atom stereocenters. The van der Waals surface area contributed by atoms with Gasteiger partial charge in [0.05, 0.1) is 11.9 Å². The lowest BCUT2D eigenvalue weighted by molar-refractivity contribution is 0.177. The Bertz CT molecular complexity index is 1330. The topological polar surface area (TPSA) is 86.0 Å². The second-order valence-corrected chi connectivity index (χ2v) is 9.81. The summed E-state index contributed by atoms with van der Waals surface area (Å²) in [4.78, 5) is 13.4. The number of hydrogen-bond donors (Lipinski definition) is 2. The maximum absolute atomic E-state index is 13.4. The number of aromatic nitrogens is 4. The molecule has 4 aromatic rings. The van der Waals surface area contributed by atoms with Crippen LogP contribution in [0.15, 0.2) is 73.1 Å². The van der Waals surface area contributed by atoms with E-state index in [9.17, 15) is 4.79 Å². The van der Waals surface area contributed by atoms with Crippen LogP contribution in [-0.4, -0.2) is 45.4 Å². The van der Waals surface area contributed by atoms with Gasteiger partial charge in [-0.15, -0.1) is 0 Å². The van der Waals surface area contributed by atoms with Crippen molar-refractivity contribution >= 4 is 11.8 Å². The standard InChI is InChI=1S/C29H34N6O2/c1-20-27(23-18-30-34(2)19-23)33-35(24-12-8-5-9-13-24)28(20)32-29(36)31-26-17-21(14-15-37-3)16-25(26)22-10-6-4-7-11-22/h4-13,18-19,21,25-26H,14-17H2,1-3H3,(H2,31,32,36)/t21-,25+,26-/m1/s1. The number of aryl methyl sites for hydroxylation is 1. The summed E-state index contributed by atoms with van der Waals surface area (Å²) in [6, 6.07) is 20.1. The average Bonchev–Trinajstić information content (AvgIpc) is 3.61. The minimum Gasteiger partial charge on any atom is -0.385 e. The van der Waals surface area contributed by atoms with Crippen LogP contribution in [0.2, 0.25) is 0 Å². The Labute approximate surface area is 217 Å². The summed E-state index contributed by atoms with van der Waals surface area (Å²) in [6.45, 7) is 2.71. The maximum Gasteiger partial charge on any atom is 0.320 e. The Morgan fingerprint density at radius 1 is 1.08 bits per heavy atom. The molecule has 1 aliphatic rings. The number of amides is 2. The summed E-state index contributed by atoms with van der Waals surface area (Å²) >= 11 is 0. The van der Waals surface area contributed by atoms with E-state index in [-0.39, 0.29) is 18.0 Å². The minimum absolute atomic E-state index is 0.0375. The molecule has 1 aliphatic carbocycles. The van der Waals surface area contributed by atoms with E-state index < -0.39 is 0 Å². The second-order valence-electron chi connectivity index (χ2n) is 9.81. The first-order valence-electron chi connectivity index (χ1n) is 12.8. The smallest absolute Gasteiger partial charge is 0.320 e. The van der Waals surface area contributed by atoms with Crippen LogP contribution in [0.4, 0.5) is 10.6 Å². The Kier molecular flexibility index (Phi) is 7.37. The Morgan fingerprint density at radius 3 is 2.49 bits per heavy atom. The van der Waals surface area contributed by atoms with Gasteiger partial charge in [0.15, 0.2) is 0 Å². The van der Waals surface area contributed by atoms with E-state index >= 15 is 0 Å². The van der Waals surface area contributed by atoms with Gasteiger partial charge in [-0.1, -0.05) is 48.5 Å². The summed E-state index contributed by atoms with van der Waals surface area (Å²) in [5.74, 6) is 1.41. The number of nitrogens with one attached hydrogen (secondary N) is 2. The van der Waals surface area contributed by atoms with Gasteiger partial charge in [0, 0.05) is 50.0 Å². The van der Waals surface area contributed by atoms with Gasteiger partial charge < -0.3 is 10.1 Å². The molecule has 37 heavy (non-hydrogen) atoms. The average molecular weight is 499 g/mol. The molecule has 192 valence electrons. The molecule has 5 rings (SSSR count). The molecular formula is C29H34N6O2. The zero-order valence-electron chi connectivity index (χ0n) is 21.6. The highest BCUT2D eigenvalue weighted by molar-refractivity contribution is 5.91. The molecule has 8 heteroatoms. The molecule has 2 heterocycles. The molecule has 2 aromatic carbocycles. The predicted octanol–water partition coefficient (Wildman–Crippen LogP) is 5.30. The van der Waals surface area contributed by atoms with E-state index in [1.807, 2.05) is 56.6 Å². The quantitative estimate of drug-likeness (QED) is 0.345. The number of rotatable bonds is 8. The molecule has 0 bridgehead atoms. The third-order valence-electron chi connectivity index (χ3n) is 7.27. The van der Waals surface area contributed by atoms with Crippen LogP contribution in [0.5, 0.6) is 0 Å². The first-order valence-corrected chi connectivity index (χ1v) is 12.8. The van der Waals surface area contributed by atoms with Gasteiger partial charge in [0.2, 0.25) is 0 Å². The molecule has 0 aliphatic heterocycles. The molecule has 2 N–H and O–H groups in total. The summed E-state index contributed by atoms with van der Waals surface area (Å²) in [6.07, 6.45) is 6.67. The Morgan fingerprint density at radius 2 is 1.81 bits per heavy atom. The number of hydrogen-bond acceptors (Lipinski definition) is 4. The fraction of sp³-hybridized carbons (Fsp3) is 0.345. The van der Waals surface area contributed by atoms with Crippen molar-refractivity contribution in [3.8, 4) is 16.9 Å². The van der Waals surface area contributed by atoms with E-state index in [1.54, 1.807) is 22.7 Å². The fourth-order valence-electron chi connectivity index (χ4n) is 5.42. The van der Waals surface area contributed by atoms with Gasteiger partial charge in [-0.05, 0) is 49.8 Å². The first-order chi connectivity index (χ1) is 18.0. The monoisotopic (exact) mass is 498 g/mol. The number of benzene rings is 2. The van der Waals surface area contributed by atoms with Gasteiger partial charge in [-0.3, -0.25) is 10.00 Å². The normalized spacial score (nSPS) is 19.2. The number of urea groups is 1. The van der Waals surface area contributed by atoms with Gasteiger partial charge in [-0.2, -0.15) is 10.2 Å². The highest BCUT2D eigenvalue weighted by Crippen LogP contribution is 2.40. The summed E-state index contributed by atoms with van der Waals surface area (Å²) in [5, 5.41) is 15.6. The number of para-hydroxylation sites is 1.